The fourth-order valence-corrected chi connectivity index (χ4v) is 1.80. The van der Waals surface area contributed by atoms with Crippen LogP contribution in [0.2, 0.25) is 0 Å². The van der Waals surface area contributed by atoms with Crippen molar-refractivity contribution >= 4 is 0 Å². The average Bonchev–Trinajstić information content (AvgIpc) is 2.75. The van der Waals surface area contributed by atoms with Gasteiger partial charge in [0.05, 0.1) is 24.3 Å². The zero-order valence-electron chi connectivity index (χ0n) is 10.9. The summed E-state index contributed by atoms with van der Waals surface area (Å²) in [4.78, 5) is 4.00. The number of aliphatic hydroxyl groups excluding tert-OH is 1. The predicted octanol–water partition coefficient (Wildman–Crippen LogP) is 2.29. The highest BCUT2D eigenvalue weighted by molar-refractivity contribution is 5.31. The molecule has 0 saturated carbocycles. The van der Waals surface area contributed by atoms with Crippen LogP contribution in [0.4, 0.5) is 0 Å². The van der Waals surface area contributed by atoms with Crippen molar-refractivity contribution in [2.75, 3.05) is 0 Å². The van der Waals surface area contributed by atoms with Crippen LogP contribution in [0.3, 0.4) is 0 Å². The third kappa shape index (κ3) is 2.71. The summed E-state index contributed by atoms with van der Waals surface area (Å²) in [6.45, 7) is 3.97. The molecule has 4 nitrogen and oxygen atoms in total. The molecule has 0 bridgehead atoms. The van der Waals surface area contributed by atoms with Crippen molar-refractivity contribution in [3.63, 3.8) is 0 Å². The van der Waals surface area contributed by atoms with E-state index in [9.17, 15) is 5.11 Å². The van der Waals surface area contributed by atoms with Crippen LogP contribution in [-0.4, -0.2) is 20.8 Å². The molecule has 0 saturated heterocycles. The Hall–Kier alpha value is -1.81. The van der Waals surface area contributed by atoms with Gasteiger partial charge in [-0.1, -0.05) is 12.1 Å². The largest absolute Gasteiger partial charge is 0.491 e. The highest BCUT2D eigenvalue weighted by atomic mass is 16.5. The molecular formula is C14H18N2O2. The molecule has 2 aromatic rings. The van der Waals surface area contributed by atoms with Gasteiger partial charge in [-0.2, -0.15) is 0 Å². The molecule has 1 unspecified atom stereocenters. The number of rotatable bonds is 4. The number of ether oxygens (including phenoxy) is 1. The van der Waals surface area contributed by atoms with Crippen molar-refractivity contribution in [2.24, 2.45) is 7.05 Å². The number of hydrogen-bond donors (Lipinski definition) is 1. The standard InChI is InChI=1S/C14H18N2O2/c1-10(2)18-12-6-4-11(5-7-12)14(17)13-8-15-9-16(13)3/h4-10,14,17H,1-3H3. The second-order valence-corrected chi connectivity index (χ2v) is 4.57. The minimum Gasteiger partial charge on any atom is -0.491 e. The van der Waals surface area contributed by atoms with Gasteiger partial charge in [-0.05, 0) is 31.5 Å². The Kier molecular flexibility index (Phi) is 3.67. The number of aryl methyl sites for hydroxylation is 1. The molecule has 0 radical (unpaired) electrons. The first-order valence-electron chi connectivity index (χ1n) is 5.99. The third-order valence-corrected chi connectivity index (χ3v) is 2.70. The van der Waals surface area contributed by atoms with Crippen LogP contribution in [0.1, 0.15) is 31.2 Å². The van der Waals surface area contributed by atoms with Gasteiger partial charge in [0, 0.05) is 7.05 Å². The van der Waals surface area contributed by atoms with Crippen molar-refractivity contribution in [3.8, 4) is 5.75 Å². The lowest BCUT2D eigenvalue weighted by molar-refractivity contribution is 0.211. The minimum absolute atomic E-state index is 0.151. The summed E-state index contributed by atoms with van der Waals surface area (Å²) in [6.07, 6.45) is 2.83. The molecule has 4 heteroatoms. The average molecular weight is 246 g/mol. The molecule has 0 aliphatic carbocycles. The summed E-state index contributed by atoms with van der Waals surface area (Å²) in [5.41, 5.74) is 1.60. The summed E-state index contributed by atoms with van der Waals surface area (Å²) < 4.78 is 7.37. The molecule has 0 spiro atoms. The zero-order valence-corrected chi connectivity index (χ0v) is 10.9. The smallest absolute Gasteiger partial charge is 0.121 e. The van der Waals surface area contributed by atoms with Gasteiger partial charge in [0.15, 0.2) is 0 Å². The molecule has 1 heterocycles. The molecule has 1 aromatic heterocycles. The maximum Gasteiger partial charge on any atom is 0.121 e. The SMILES string of the molecule is CC(C)Oc1ccc(C(O)c2cncn2C)cc1. The highest BCUT2D eigenvalue weighted by Crippen LogP contribution is 2.23. The van der Waals surface area contributed by atoms with Crippen molar-refractivity contribution in [3.05, 3.63) is 48.0 Å². The lowest BCUT2D eigenvalue weighted by atomic mass is 10.1. The number of benzene rings is 1. The first-order valence-corrected chi connectivity index (χ1v) is 5.99. The van der Waals surface area contributed by atoms with Gasteiger partial charge in [0.25, 0.3) is 0 Å². The van der Waals surface area contributed by atoms with E-state index in [4.69, 9.17) is 4.74 Å². The van der Waals surface area contributed by atoms with Crippen molar-refractivity contribution in [2.45, 2.75) is 26.1 Å². The Morgan fingerprint density at radius 3 is 2.39 bits per heavy atom. The molecule has 18 heavy (non-hydrogen) atoms. The van der Waals surface area contributed by atoms with E-state index in [1.54, 1.807) is 12.5 Å². The van der Waals surface area contributed by atoms with Crippen LogP contribution in [0.25, 0.3) is 0 Å². The van der Waals surface area contributed by atoms with Crippen LogP contribution in [0.5, 0.6) is 5.75 Å². The lowest BCUT2D eigenvalue weighted by Crippen LogP contribution is -2.07. The van der Waals surface area contributed by atoms with Gasteiger partial charge in [0.2, 0.25) is 0 Å². The van der Waals surface area contributed by atoms with Gasteiger partial charge in [-0.3, -0.25) is 0 Å². The Morgan fingerprint density at radius 2 is 1.89 bits per heavy atom. The first kappa shape index (κ1) is 12.6. The van der Waals surface area contributed by atoms with E-state index in [2.05, 4.69) is 4.98 Å². The van der Waals surface area contributed by atoms with Gasteiger partial charge < -0.3 is 14.4 Å². The molecule has 1 atom stereocenters. The second-order valence-electron chi connectivity index (χ2n) is 4.57. The summed E-state index contributed by atoms with van der Waals surface area (Å²) in [7, 11) is 1.86. The Morgan fingerprint density at radius 1 is 1.22 bits per heavy atom. The molecule has 0 aliphatic rings. The summed E-state index contributed by atoms with van der Waals surface area (Å²) in [5, 5.41) is 10.2. The highest BCUT2D eigenvalue weighted by Gasteiger charge is 2.13. The molecule has 96 valence electrons. The summed E-state index contributed by atoms with van der Waals surface area (Å²) >= 11 is 0. The topological polar surface area (TPSA) is 47.3 Å². The zero-order chi connectivity index (χ0) is 13.1. The van der Waals surface area contributed by atoms with Gasteiger partial charge in [0.1, 0.15) is 11.9 Å². The van der Waals surface area contributed by atoms with Crippen LogP contribution >= 0.6 is 0 Å². The van der Waals surface area contributed by atoms with Crippen LogP contribution in [-0.2, 0) is 7.05 Å². The Balaban J connectivity index is 2.17. The van der Waals surface area contributed by atoms with E-state index in [0.29, 0.717) is 0 Å². The Labute approximate surface area is 107 Å². The predicted molar refractivity (Wildman–Crippen MR) is 69.5 cm³/mol. The lowest BCUT2D eigenvalue weighted by Gasteiger charge is -2.13. The molecule has 0 amide bonds. The maximum atomic E-state index is 10.2. The van der Waals surface area contributed by atoms with Crippen LogP contribution in [0.15, 0.2) is 36.8 Å². The molecule has 1 aromatic carbocycles. The number of aromatic nitrogens is 2. The van der Waals surface area contributed by atoms with E-state index in [-0.39, 0.29) is 6.10 Å². The normalized spacial score (nSPS) is 12.7. The fraction of sp³-hybridized carbons (Fsp3) is 0.357. The van der Waals surface area contributed by atoms with Gasteiger partial charge >= 0.3 is 0 Å². The number of imidazole rings is 1. The molecule has 0 fully saturated rings. The number of hydrogen-bond acceptors (Lipinski definition) is 3. The van der Waals surface area contributed by atoms with Crippen LogP contribution < -0.4 is 4.74 Å². The minimum atomic E-state index is -0.661. The van der Waals surface area contributed by atoms with Crippen molar-refractivity contribution in [1.29, 1.82) is 0 Å². The molecule has 2 rings (SSSR count). The molecular weight excluding hydrogens is 228 g/mol. The van der Waals surface area contributed by atoms with Crippen molar-refractivity contribution < 1.29 is 9.84 Å². The van der Waals surface area contributed by atoms with Gasteiger partial charge in [-0.15, -0.1) is 0 Å². The quantitative estimate of drug-likeness (QED) is 0.900. The van der Waals surface area contributed by atoms with Gasteiger partial charge in [-0.25, -0.2) is 4.98 Å². The van der Waals surface area contributed by atoms with E-state index >= 15 is 0 Å². The number of nitrogens with zero attached hydrogens (tertiary/aromatic N) is 2. The fourth-order valence-electron chi connectivity index (χ4n) is 1.80. The monoisotopic (exact) mass is 246 g/mol. The summed E-state index contributed by atoms with van der Waals surface area (Å²) in [5.74, 6) is 0.811. The second kappa shape index (κ2) is 5.23. The van der Waals surface area contributed by atoms with E-state index in [1.165, 1.54) is 0 Å². The van der Waals surface area contributed by atoms with E-state index < -0.39 is 6.10 Å². The van der Waals surface area contributed by atoms with Crippen molar-refractivity contribution in [1.82, 2.24) is 9.55 Å². The van der Waals surface area contributed by atoms with Crippen LogP contribution in [0, 0.1) is 0 Å². The number of aliphatic hydroxyl groups is 1. The maximum absolute atomic E-state index is 10.2. The summed E-state index contributed by atoms with van der Waals surface area (Å²) in [6, 6.07) is 7.48. The molecule has 1 N–H and O–H groups in total. The van der Waals surface area contributed by atoms with E-state index in [0.717, 1.165) is 17.0 Å². The Bertz CT molecular complexity index is 503. The third-order valence-electron chi connectivity index (χ3n) is 2.70. The molecule has 0 aliphatic heterocycles. The van der Waals surface area contributed by atoms with E-state index in [1.807, 2.05) is 49.7 Å². The first-order chi connectivity index (χ1) is 8.58.